The van der Waals surface area contributed by atoms with Crippen LogP contribution in [0, 0.1) is 11.8 Å². The van der Waals surface area contributed by atoms with Gasteiger partial charge >= 0.3 is 0 Å². The van der Waals surface area contributed by atoms with Crippen LogP contribution < -0.4 is 5.32 Å². The van der Waals surface area contributed by atoms with Crippen molar-refractivity contribution in [1.29, 1.82) is 0 Å². The number of ether oxygens (including phenoxy) is 1. The Morgan fingerprint density at radius 2 is 1.94 bits per heavy atom. The molecule has 2 nitrogen and oxygen atoms in total. The maximum atomic E-state index is 6.55. The van der Waals surface area contributed by atoms with Gasteiger partial charge in [-0.15, -0.1) is 0 Å². The molecule has 3 aliphatic rings. The Morgan fingerprint density at radius 1 is 1.18 bits per heavy atom. The first-order valence-corrected chi connectivity index (χ1v) is 7.71. The van der Waals surface area contributed by atoms with E-state index in [0.29, 0.717) is 6.10 Å². The average Bonchev–Trinajstić information content (AvgIpc) is 3.10. The van der Waals surface area contributed by atoms with Gasteiger partial charge in [0.05, 0.1) is 11.7 Å². The first-order valence-electron chi connectivity index (χ1n) is 7.71. The zero-order chi connectivity index (χ0) is 11.7. The van der Waals surface area contributed by atoms with Crippen molar-refractivity contribution < 1.29 is 4.74 Å². The fourth-order valence-corrected chi connectivity index (χ4v) is 3.96. The highest BCUT2D eigenvalue weighted by molar-refractivity contribution is 5.00. The van der Waals surface area contributed by atoms with Crippen molar-refractivity contribution in [2.45, 2.75) is 70.0 Å². The van der Waals surface area contributed by atoms with Crippen LogP contribution in [0.15, 0.2) is 0 Å². The minimum Gasteiger partial charge on any atom is -0.369 e. The van der Waals surface area contributed by atoms with Gasteiger partial charge in [0.25, 0.3) is 0 Å². The molecule has 0 radical (unpaired) electrons. The SMILES string of the molecule is CCC1(C2CC2)CNCC(CC2CCCC2)O1. The summed E-state index contributed by atoms with van der Waals surface area (Å²) >= 11 is 0. The van der Waals surface area contributed by atoms with E-state index in [2.05, 4.69) is 12.2 Å². The summed E-state index contributed by atoms with van der Waals surface area (Å²) in [4.78, 5) is 0. The van der Waals surface area contributed by atoms with E-state index in [1.807, 2.05) is 0 Å². The van der Waals surface area contributed by atoms with Gasteiger partial charge in [-0.05, 0) is 37.5 Å². The molecule has 2 atom stereocenters. The van der Waals surface area contributed by atoms with E-state index in [1.54, 1.807) is 0 Å². The highest BCUT2D eigenvalue weighted by Crippen LogP contribution is 2.46. The summed E-state index contributed by atoms with van der Waals surface area (Å²) in [6, 6.07) is 0. The zero-order valence-electron chi connectivity index (χ0n) is 11.2. The summed E-state index contributed by atoms with van der Waals surface area (Å²) in [6.07, 6.45) is 11.6. The van der Waals surface area contributed by atoms with Gasteiger partial charge in [-0.25, -0.2) is 0 Å². The maximum Gasteiger partial charge on any atom is 0.0836 e. The molecular weight excluding hydrogens is 210 g/mol. The Morgan fingerprint density at radius 3 is 2.59 bits per heavy atom. The predicted octanol–water partition coefficient (Wildman–Crippen LogP) is 3.11. The highest BCUT2D eigenvalue weighted by atomic mass is 16.5. The van der Waals surface area contributed by atoms with Crippen LogP contribution in [0.3, 0.4) is 0 Å². The second kappa shape index (κ2) is 4.89. The summed E-state index contributed by atoms with van der Waals surface area (Å²) in [5.41, 5.74) is 0.196. The third-order valence-corrected chi connectivity index (χ3v) is 5.19. The van der Waals surface area contributed by atoms with E-state index < -0.39 is 0 Å². The van der Waals surface area contributed by atoms with Crippen molar-refractivity contribution in [3.8, 4) is 0 Å². The Balaban J connectivity index is 1.58. The van der Waals surface area contributed by atoms with E-state index in [0.717, 1.165) is 24.9 Å². The van der Waals surface area contributed by atoms with Crippen LogP contribution in [-0.4, -0.2) is 24.8 Å². The lowest BCUT2D eigenvalue weighted by Crippen LogP contribution is -2.55. The molecule has 1 N–H and O–H groups in total. The van der Waals surface area contributed by atoms with E-state index >= 15 is 0 Å². The van der Waals surface area contributed by atoms with Crippen LogP contribution in [0.1, 0.15) is 58.3 Å². The van der Waals surface area contributed by atoms with Crippen molar-refractivity contribution >= 4 is 0 Å². The van der Waals surface area contributed by atoms with Gasteiger partial charge in [0.2, 0.25) is 0 Å². The molecule has 0 aromatic heterocycles. The van der Waals surface area contributed by atoms with Crippen LogP contribution in [0.25, 0.3) is 0 Å². The number of morpholine rings is 1. The van der Waals surface area contributed by atoms with E-state index in [-0.39, 0.29) is 5.60 Å². The van der Waals surface area contributed by atoms with Crippen molar-refractivity contribution in [2.24, 2.45) is 11.8 Å². The van der Waals surface area contributed by atoms with Crippen molar-refractivity contribution in [1.82, 2.24) is 5.32 Å². The lowest BCUT2D eigenvalue weighted by Gasteiger charge is -2.42. The van der Waals surface area contributed by atoms with Gasteiger partial charge in [0, 0.05) is 13.1 Å². The van der Waals surface area contributed by atoms with Crippen LogP contribution in [-0.2, 0) is 4.74 Å². The Bertz CT molecular complexity index is 258. The molecule has 0 aromatic carbocycles. The van der Waals surface area contributed by atoms with Crippen molar-refractivity contribution in [3.63, 3.8) is 0 Å². The predicted molar refractivity (Wildman–Crippen MR) is 70.1 cm³/mol. The summed E-state index contributed by atoms with van der Waals surface area (Å²) < 4.78 is 6.55. The van der Waals surface area contributed by atoms with Gasteiger partial charge in [0.1, 0.15) is 0 Å². The normalized spacial score (nSPS) is 39.7. The molecule has 17 heavy (non-hydrogen) atoms. The molecule has 2 aliphatic carbocycles. The fourth-order valence-electron chi connectivity index (χ4n) is 3.96. The van der Waals surface area contributed by atoms with Crippen LogP contribution in [0.4, 0.5) is 0 Å². The first-order chi connectivity index (χ1) is 8.32. The second-order valence-corrected chi connectivity index (χ2v) is 6.45. The highest BCUT2D eigenvalue weighted by Gasteiger charge is 2.47. The minimum absolute atomic E-state index is 0.196. The molecule has 2 unspecified atom stereocenters. The van der Waals surface area contributed by atoms with Gasteiger partial charge in [-0.3, -0.25) is 0 Å². The Hall–Kier alpha value is -0.0800. The summed E-state index contributed by atoms with van der Waals surface area (Å²) in [6.45, 7) is 4.48. The van der Waals surface area contributed by atoms with Gasteiger partial charge in [-0.2, -0.15) is 0 Å². The largest absolute Gasteiger partial charge is 0.369 e. The smallest absolute Gasteiger partial charge is 0.0836 e. The fraction of sp³-hybridized carbons (Fsp3) is 1.00. The quantitative estimate of drug-likeness (QED) is 0.811. The van der Waals surface area contributed by atoms with E-state index in [9.17, 15) is 0 Å². The van der Waals surface area contributed by atoms with Crippen LogP contribution in [0.5, 0.6) is 0 Å². The van der Waals surface area contributed by atoms with Crippen molar-refractivity contribution in [3.05, 3.63) is 0 Å². The second-order valence-electron chi connectivity index (χ2n) is 6.45. The van der Waals surface area contributed by atoms with Crippen LogP contribution in [0.2, 0.25) is 0 Å². The van der Waals surface area contributed by atoms with E-state index in [4.69, 9.17) is 4.74 Å². The minimum atomic E-state index is 0.196. The van der Waals surface area contributed by atoms with Gasteiger partial charge in [0.15, 0.2) is 0 Å². The van der Waals surface area contributed by atoms with Crippen LogP contribution >= 0.6 is 0 Å². The maximum absolute atomic E-state index is 6.55. The summed E-state index contributed by atoms with van der Waals surface area (Å²) in [5.74, 6) is 1.81. The molecule has 2 saturated carbocycles. The van der Waals surface area contributed by atoms with Gasteiger partial charge in [-0.1, -0.05) is 32.6 Å². The number of hydrogen-bond acceptors (Lipinski definition) is 2. The topological polar surface area (TPSA) is 21.3 Å². The van der Waals surface area contributed by atoms with Crippen molar-refractivity contribution in [2.75, 3.05) is 13.1 Å². The number of nitrogens with one attached hydrogen (secondary N) is 1. The monoisotopic (exact) mass is 237 g/mol. The molecule has 98 valence electrons. The molecule has 0 amide bonds. The lowest BCUT2D eigenvalue weighted by molar-refractivity contribution is -0.136. The Labute approximate surface area is 105 Å². The molecule has 1 aliphatic heterocycles. The number of rotatable bonds is 4. The third kappa shape index (κ3) is 2.53. The third-order valence-electron chi connectivity index (χ3n) is 5.19. The summed E-state index contributed by atoms with van der Waals surface area (Å²) in [5, 5.41) is 3.65. The molecule has 0 spiro atoms. The first kappa shape index (κ1) is 12.0. The molecule has 0 bridgehead atoms. The molecular formula is C15H27NO. The summed E-state index contributed by atoms with van der Waals surface area (Å²) in [7, 11) is 0. The average molecular weight is 237 g/mol. The lowest BCUT2D eigenvalue weighted by atomic mass is 9.90. The molecule has 2 heteroatoms. The Kier molecular flexibility index (Phi) is 3.45. The van der Waals surface area contributed by atoms with E-state index in [1.165, 1.54) is 51.4 Å². The zero-order valence-corrected chi connectivity index (χ0v) is 11.2. The molecule has 3 fully saturated rings. The van der Waals surface area contributed by atoms with Gasteiger partial charge < -0.3 is 10.1 Å². The standard InChI is InChI=1S/C15H27NO/c1-2-15(13-7-8-13)11-16-10-14(17-15)9-12-5-3-4-6-12/h12-14,16H,2-11H2,1H3. The number of hydrogen-bond donors (Lipinski definition) is 1. The molecule has 1 saturated heterocycles. The molecule has 1 heterocycles. The molecule has 3 rings (SSSR count). The molecule has 0 aromatic rings.